The second-order valence-electron chi connectivity index (χ2n) is 23.5. The first kappa shape index (κ1) is 46.1. The van der Waals surface area contributed by atoms with Crippen molar-refractivity contribution in [2.24, 2.45) is 0 Å². The molecule has 0 saturated heterocycles. The van der Waals surface area contributed by atoms with E-state index in [1.54, 1.807) is 0 Å². The summed E-state index contributed by atoms with van der Waals surface area (Å²) in [7, 11) is 0. The van der Waals surface area contributed by atoms with Crippen molar-refractivity contribution in [3.05, 3.63) is 242 Å². The summed E-state index contributed by atoms with van der Waals surface area (Å²) in [6, 6.07) is 77.9. The van der Waals surface area contributed by atoms with Gasteiger partial charge in [-0.15, -0.1) is 0 Å². The number of hydrogen-bond acceptors (Lipinski definition) is 3. The molecule has 6 heteroatoms. The van der Waals surface area contributed by atoms with E-state index in [2.05, 4.69) is 272 Å². The molecule has 0 aliphatic carbocycles. The monoisotopic (exact) mass is 1000 g/mol. The van der Waals surface area contributed by atoms with E-state index in [1.807, 2.05) is 24.8 Å². The maximum Gasteiger partial charge on any atom is 0.252 e. The standard InChI is InChI=1S/C72H56BN5/c1-71(2,3)53-20-23-55(24-21-53)76-64-27-19-49(47-29-33-74-34-30-47)38-61(64)73-62-39-52(48-31-35-75-36-32-48)37-60-59-42-54(72(4,5)6)22-28-63(59)78(70(60)62)68-44-56(43-67(76)69(68)73)77-65-40-50(45-13-9-7-10-14-45)17-25-57(65)58-26-18-51(41-66(58)77)46-15-11-8-12-16-46/h7-44H,1-6H3. The minimum atomic E-state index is -0.123. The molecule has 0 bridgehead atoms. The molecule has 0 fully saturated rings. The van der Waals surface area contributed by atoms with Gasteiger partial charge in [0.2, 0.25) is 0 Å². The molecular formula is C72H56BN5. The fourth-order valence-electron chi connectivity index (χ4n) is 12.9. The normalized spacial score (nSPS) is 12.9. The zero-order valence-corrected chi connectivity index (χ0v) is 44.8. The van der Waals surface area contributed by atoms with Crippen LogP contribution in [0.2, 0.25) is 0 Å². The van der Waals surface area contributed by atoms with Gasteiger partial charge in [0.15, 0.2) is 0 Å². The minimum Gasteiger partial charge on any atom is -0.311 e. The minimum absolute atomic E-state index is 0.0143. The Balaban J connectivity index is 1.11. The van der Waals surface area contributed by atoms with Gasteiger partial charge in [0, 0.05) is 74.6 Å². The second kappa shape index (κ2) is 17.1. The molecule has 372 valence electrons. The highest BCUT2D eigenvalue weighted by molar-refractivity contribution is 7.00. The molecule has 0 atom stereocenters. The van der Waals surface area contributed by atoms with Gasteiger partial charge in [0.25, 0.3) is 6.71 Å². The number of fused-ring (bicyclic) bond motifs is 10. The van der Waals surface area contributed by atoms with Crippen molar-refractivity contribution in [1.29, 1.82) is 0 Å². The van der Waals surface area contributed by atoms with Crippen molar-refractivity contribution in [2.45, 2.75) is 52.4 Å². The lowest BCUT2D eigenvalue weighted by molar-refractivity contribution is 0.590. The predicted octanol–water partition coefficient (Wildman–Crippen LogP) is 16.5. The molecule has 0 amide bonds. The van der Waals surface area contributed by atoms with E-state index < -0.39 is 0 Å². The van der Waals surface area contributed by atoms with Crippen molar-refractivity contribution in [3.63, 3.8) is 0 Å². The van der Waals surface area contributed by atoms with Crippen LogP contribution >= 0.6 is 0 Å². The summed E-state index contributed by atoms with van der Waals surface area (Å²) in [6.45, 7) is 13.7. The first-order chi connectivity index (χ1) is 37.9. The summed E-state index contributed by atoms with van der Waals surface area (Å²) in [4.78, 5) is 11.5. The Morgan fingerprint density at radius 2 is 0.859 bits per heavy atom. The van der Waals surface area contributed by atoms with Crippen molar-refractivity contribution < 1.29 is 0 Å². The molecule has 2 aliphatic heterocycles. The molecule has 0 unspecified atom stereocenters. The maximum atomic E-state index is 4.48. The summed E-state index contributed by atoms with van der Waals surface area (Å²) in [5, 5.41) is 4.94. The van der Waals surface area contributed by atoms with Crippen LogP contribution in [0.25, 0.3) is 99.5 Å². The van der Waals surface area contributed by atoms with E-state index in [9.17, 15) is 0 Å². The van der Waals surface area contributed by atoms with Gasteiger partial charge in [-0.3, -0.25) is 9.97 Å². The summed E-state index contributed by atoms with van der Waals surface area (Å²) >= 11 is 0. The number of benzene rings is 9. The lowest BCUT2D eigenvalue weighted by atomic mass is 9.33. The molecule has 4 aromatic heterocycles. The van der Waals surface area contributed by atoms with Crippen LogP contribution in [-0.2, 0) is 10.8 Å². The van der Waals surface area contributed by atoms with Gasteiger partial charge in [-0.2, -0.15) is 0 Å². The Kier molecular flexibility index (Phi) is 10.1. The highest BCUT2D eigenvalue weighted by Gasteiger charge is 2.43. The van der Waals surface area contributed by atoms with Crippen molar-refractivity contribution in [3.8, 4) is 55.9 Å². The van der Waals surface area contributed by atoms with Gasteiger partial charge in [-0.1, -0.05) is 163 Å². The van der Waals surface area contributed by atoms with Crippen LogP contribution < -0.4 is 21.3 Å². The number of rotatable bonds is 6. The van der Waals surface area contributed by atoms with E-state index in [0.717, 1.165) is 44.8 Å². The molecule has 0 N–H and O–H groups in total. The highest BCUT2D eigenvalue weighted by Crippen LogP contribution is 2.47. The first-order valence-corrected chi connectivity index (χ1v) is 27.3. The number of hydrogen-bond donors (Lipinski definition) is 0. The fourth-order valence-corrected chi connectivity index (χ4v) is 12.9. The van der Waals surface area contributed by atoms with E-state index in [-0.39, 0.29) is 17.5 Å². The van der Waals surface area contributed by atoms with Crippen molar-refractivity contribution in [2.75, 3.05) is 4.90 Å². The fraction of sp³-hybridized carbons (Fsp3) is 0.111. The van der Waals surface area contributed by atoms with Gasteiger partial charge >= 0.3 is 0 Å². The van der Waals surface area contributed by atoms with Crippen LogP contribution in [0.15, 0.2) is 231 Å². The van der Waals surface area contributed by atoms with E-state index in [1.165, 1.54) is 99.3 Å². The average molecular weight is 1000 g/mol. The van der Waals surface area contributed by atoms with Gasteiger partial charge in [0.1, 0.15) is 0 Å². The zero-order chi connectivity index (χ0) is 52.6. The lowest BCUT2D eigenvalue weighted by Gasteiger charge is -2.41. The Hall–Kier alpha value is -9.26. The van der Waals surface area contributed by atoms with Crippen LogP contribution in [0.1, 0.15) is 52.7 Å². The number of aromatic nitrogens is 4. The molecule has 13 aromatic rings. The Morgan fingerprint density at radius 3 is 1.46 bits per heavy atom. The van der Waals surface area contributed by atoms with Gasteiger partial charge in [-0.25, -0.2) is 0 Å². The van der Waals surface area contributed by atoms with Gasteiger partial charge < -0.3 is 14.0 Å². The topological polar surface area (TPSA) is 38.9 Å². The molecule has 15 rings (SSSR count). The molecule has 9 aromatic carbocycles. The number of anilines is 3. The molecule has 6 heterocycles. The lowest BCUT2D eigenvalue weighted by Crippen LogP contribution is -2.60. The molecule has 0 radical (unpaired) electrons. The van der Waals surface area contributed by atoms with Crippen molar-refractivity contribution in [1.82, 2.24) is 19.1 Å². The van der Waals surface area contributed by atoms with Crippen LogP contribution in [0, 0.1) is 0 Å². The molecular weight excluding hydrogens is 946 g/mol. The average Bonchev–Trinajstić information content (AvgIpc) is 3.58. The van der Waals surface area contributed by atoms with Crippen LogP contribution in [0.5, 0.6) is 0 Å². The quantitative estimate of drug-likeness (QED) is 0.156. The summed E-state index contributed by atoms with van der Waals surface area (Å²) in [5.74, 6) is 0. The smallest absolute Gasteiger partial charge is 0.252 e. The Morgan fingerprint density at radius 1 is 0.333 bits per heavy atom. The maximum absolute atomic E-state index is 4.48. The molecule has 0 spiro atoms. The van der Waals surface area contributed by atoms with Gasteiger partial charge in [-0.05, 0) is 168 Å². The third kappa shape index (κ3) is 7.16. The van der Waals surface area contributed by atoms with E-state index in [0.29, 0.717) is 0 Å². The second-order valence-corrected chi connectivity index (χ2v) is 23.5. The van der Waals surface area contributed by atoms with E-state index in [4.69, 9.17) is 0 Å². The molecule has 5 nitrogen and oxygen atoms in total. The largest absolute Gasteiger partial charge is 0.311 e. The summed E-state index contributed by atoms with van der Waals surface area (Å²) in [5.41, 5.74) is 26.3. The van der Waals surface area contributed by atoms with Crippen molar-refractivity contribution >= 4 is 83.8 Å². The molecule has 2 aliphatic rings. The third-order valence-electron chi connectivity index (χ3n) is 16.8. The first-order valence-electron chi connectivity index (χ1n) is 27.3. The third-order valence-corrected chi connectivity index (χ3v) is 16.8. The van der Waals surface area contributed by atoms with Crippen LogP contribution in [0.3, 0.4) is 0 Å². The van der Waals surface area contributed by atoms with Gasteiger partial charge in [0.05, 0.1) is 22.2 Å². The summed E-state index contributed by atoms with van der Waals surface area (Å²) in [6.07, 6.45) is 7.64. The summed E-state index contributed by atoms with van der Waals surface area (Å²) < 4.78 is 5.18. The van der Waals surface area contributed by atoms with E-state index >= 15 is 0 Å². The zero-order valence-electron chi connectivity index (χ0n) is 44.8. The Labute approximate surface area is 455 Å². The number of nitrogens with zero attached hydrogens (tertiary/aromatic N) is 5. The SMILES string of the molecule is CC(C)(C)c1ccc(N2c3ccc(-c4ccncc4)cc3B3c4c2cc(-n2c5cc(-c6ccccc6)ccc5c5ccc(-c6ccccc6)cc52)cc4-n2c4ccc(C(C)(C)C)cc4c4cc(-c5ccncc5)cc3c42)cc1. The molecule has 0 saturated carbocycles. The van der Waals surface area contributed by atoms with Crippen LogP contribution in [-0.4, -0.2) is 25.8 Å². The van der Waals surface area contributed by atoms with Crippen LogP contribution in [0.4, 0.5) is 17.1 Å². The Bertz CT molecular complexity index is 4450. The predicted molar refractivity (Wildman–Crippen MR) is 329 cm³/mol. The number of pyridine rings is 2. The highest BCUT2D eigenvalue weighted by atomic mass is 15.2. The molecule has 78 heavy (non-hydrogen) atoms.